The molecule has 0 spiro atoms. The summed E-state index contributed by atoms with van der Waals surface area (Å²) in [5.74, 6) is 1.89. The minimum atomic E-state index is 0.860. The molecule has 0 aliphatic carbocycles. The van der Waals surface area contributed by atoms with Crippen molar-refractivity contribution in [2.45, 2.75) is 40.5 Å². The minimum Gasteiger partial charge on any atom is -0.370 e. The quantitative estimate of drug-likeness (QED) is 0.888. The molecule has 0 aromatic carbocycles. The molecular formula is C15H21N3S. The topological polar surface area (TPSA) is 37.8 Å². The second kappa shape index (κ2) is 6.15. The van der Waals surface area contributed by atoms with E-state index < -0.39 is 0 Å². The number of nitrogens with zero attached hydrogens (tertiary/aromatic N) is 2. The van der Waals surface area contributed by atoms with E-state index in [2.05, 4.69) is 50.1 Å². The Morgan fingerprint density at radius 2 is 1.95 bits per heavy atom. The van der Waals surface area contributed by atoms with Crippen molar-refractivity contribution < 1.29 is 0 Å². The monoisotopic (exact) mass is 275 g/mol. The highest BCUT2D eigenvalue weighted by molar-refractivity contribution is 7.15. The van der Waals surface area contributed by atoms with Crippen LogP contribution in [0.25, 0.3) is 10.6 Å². The summed E-state index contributed by atoms with van der Waals surface area (Å²) in [4.78, 5) is 11.8. The van der Waals surface area contributed by atoms with Gasteiger partial charge in [0.2, 0.25) is 0 Å². The molecule has 19 heavy (non-hydrogen) atoms. The molecule has 0 saturated carbocycles. The summed E-state index contributed by atoms with van der Waals surface area (Å²) < 4.78 is 0. The average molecular weight is 275 g/mol. The van der Waals surface area contributed by atoms with Crippen molar-refractivity contribution in [2.24, 2.45) is 0 Å². The van der Waals surface area contributed by atoms with E-state index in [0.717, 1.165) is 42.3 Å². The van der Waals surface area contributed by atoms with E-state index in [1.165, 1.54) is 9.75 Å². The van der Waals surface area contributed by atoms with E-state index in [1.54, 1.807) is 11.3 Å². The van der Waals surface area contributed by atoms with Crippen LogP contribution >= 0.6 is 11.3 Å². The highest BCUT2D eigenvalue weighted by atomic mass is 32.1. The number of rotatable bonds is 5. The van der Waals surface area contributed by atoms with Gasteiger partial charge in [-0.2, -0.15) is 0 Å². The third-order valence-corrected chi connectivity index (χ3v) is 4.03. The normalized spacial score (nSPS) is 10.7. The molecule has 2 heterocycles. The van der Waals surface area contributed by atoms with E-state index in [9.17, 15) is 0 Å². The first-order valence-electron chi connectivity index (χ1n) is 6.83. The predicted octanol–water partition coefficient (Wildman–Crippen LogP) is 4.21. The molecule has 2 aromatic rings. The zero-order valence-electron chi connectivity index (χ0n) is 12.1. The Labute approximate surface area is 119 Å². The van der Waals surface area contributed by atoms with Crippen LogP contribution in [-0.2, 0) is 6.42 Å². The smallest absolute Gasteiger partial charge is 0.133 e. The zero-order chi connectivity index (χ0) is 13.8. The Kier molecular flexibility index (Phi) is 4.53. The molecule has 0 atom stereocenters. The molecule has 2 aromatic heterocycles. The lowest BCUT2D eigenvalue weighted by Gasteiger charge is -2.12. The van der Waals surface area contributed by atoms with Crippen LogP contribution in [0.2, 0.25) is 0 Å². The number of aryl methyl sites for hydroxylation is 2. The molecule has 4 heteroatoms. The second-order valence-corrected chi connectivity index (χ2v) is 5.94. The van der Waals surface area contributed by atoms with Crippen molar-refractivity contribution in [3.05, 3.63) is 28.4 Å². The number of anilines is 1. The number of hydrogen-bond acceptors (Lipinski definition) is 4. The number of aromatic nitrogens is 2. The van der Waals surface area contributed by atoms with Gasteiger partial charge in [-0.15, -0.1) is 11.3 Å². The van der Waals surface area contributed by atoms with Crippen molar-refractivity contribution >= 4 is 17.2 Å². The van der Waals surface area contributed by atoms with Gasteiger partial charge in [0.15, 0.2) is 0 Å². The van der Waals surface area contributed by atoms with Crippen molar-refractivity contribution in [1.82, 2.24) is 9.97 Å². The van der Waals surface area contributed by atoms with E-state index in [4.69, 9.17) is 4.98 Å². The van der Waals surface area contributed by atoms with Gasteiger partial charge in [-0.3, -0.25) is 0 Å². The minimum absolute atomic E-state index is 0.860. The third kappa shape index (κ3) is 3.13. The Morgan fingerprint density at radius 1 is 1.16 bits per heavy atom. The first-order chi connectivity index (χ1) is 9.15. The summed E-state index contributed by atoms with van der Waals surface area (Å²) in [6.07, 6.45) is 1.96. The fraction of sp³-hybridized carbons (Fsp3) is 0.467. The van der Waals surface area contributed by atoms with Crippen LogP contribution in [0, 0.1) is 13.8 Å². The molecule has 0 unspecified atom stereocenters. The Bertz CT molecular complexity index is 561. The first-order valence-corrected chi connectivity index (χ1v) is 7.65. The van der Waals surface area contributed by atoms with E-state index in [-0.39, 0.29) is 0 Å². The van der Waals surface area contributed by atoms with Crippen molar-refractivity contribution in [3.8, 4) is 10.6 Å². The summed E-state index contributed by atoms with van der Waals surface area (Å²) in [5.41, 5.74) is 2.22. The molecule has 3 nitrogen and oxygen atoms in total. The summed E-state index contributed by atoms with van der Waals surface area (Å²) in [7, 11) is 0. The van der Waals surface area contributed by atoms with Gasteiger partial charge in [0.25, 0.3) is 0 Å². The molecule has 0 amide bonds. The van der Waals surface area contributed by atoms with Crippen LogP contribution in [0.1, 0.15) is 36.5 Å². The maximum Gasteiger partial charge on any atom is 0.133 e. The Morgan fingerprint density at radius 3 is 2.53 bits per heavy atom. The van der Waals surface area contributed by atoms with Crippen LogP contribution in [0.3, 0.4) is 0 Å². The van der Waals surface area contributed by atoms with Gasteiger partial charge in [-0.05, 0) is 32.4 Å². The van der Waals surface area contributed by atoms with Crippen molar-refractivity contribution in [3.63, 3.8) is 0 Å². The van der Waals surface area contributed by atoms with Gasteiger partial charge in [0.1, 0.15) is 11.6 Å². The van der Waals surface area contributed by atoms with Gasteiger partial charge < -0.3 is 5.32 Å². The number of thiophene rings is 1. The van der Waals surface area contributed by atoms with Gasteiger partial charge in [0, 0.05) is 23.4 Å². The lowest BCUT2D eigenvalue weighted by molar-refractivity contribution is 0.911. The second-order valence-electron chi connectivity index (χ2n) is 4.65. The summed E-state index contributed by atoms with van der Waals surface area (Å²) in [6.45, 7) is 9.43. The molecule has 0 aliphatic heterocycles. The number of nitrogens with one attached hydrogen (secondary N) is 1. The largest absolute Gasteiger partial charge is 0.370 e. The van der Waals surface area contributed by atoms with Crippen LogP contribution in [0.5, 0.6) is 0 Å². The standard InChI is InChI=1S/C15H21N3S/c1-5-9-16-15-11(4)14(17-13(6-2)18-15)12-8-7-10(3)19-12/h7-8H,5-6,9H2,1-4H3,(H,16,17,18). The van der Waals surface area contributed by atoms with Crippen LogP contribution < -0.4 is 5.32 Å². The fourth-order valence-electron chi connectivity index (χ4n) is 1.94. The van der Waals surface area contributed by atoms with Crippen LogP contribution in [0.15, 0.2) is 12.1 Å². The maximum atomic E-state index is 4.70. The molecule has 0 radical (unpaired) electrons. The SMILES string of the molecule is CCCNc1nc(CC)nc(-c2ccc(C)s2)c1C. The zero-order valence-corrected chi connectivity index (χ0v) is 12.9. The molecule has 1 N–H and O–H groups in total. The lowest BCUT2D eigenvalue weighted by atomic mass is 10.2. The predicted molar refractivity (Wildman–Crippen MR) is 83.0 cm³/mol. The molecule has 0 fully saturated rings. The van der Waals surface area contributed by atoms with E-state index in [1.807, 2.05) is 0 Å². The molecular weight excluding hydrogens is 254 g/mol. The van der Waals surface area contributed by atoms with Gasteiger partial charge >= 0.3 is 0 Å². The van der Waals surface area contributed by atoms with Crippen LogP contribution in [-0.4, -0.2) is 16.5 Å². The van der Waals surface area contributed by atoms with Crippen LogP contribution in [0.4, 0.5) is 5.82 Å². The summed E-state index contributed by atoms with van der Waals surface area (Å²) >= 11 is 1.79. The molecule has 0 saturated heterocycles. The van der Waals surface area contributed by atoms with Gasteiger partial charge in [-0.25, -0.2) is 9.97 Å². The molecule has 0 bridgehead atoms. The third-order valence-electron chi connectivity index (χ3n) is 3.02. The Hall–Kier alpha value is -1.42. The molecule has 102 valence electrons. The highest BCUT2D eigenvalue weighted by Crippen LogP contribution is 2.31. The van der Waals surface area contributed by atoms with Crippen molar-refractivity contribution in [1.29, 1.82) is 0 Å². The number of hydrogen-bond donors (Lipinski definition) is 1. The fourth-order valence-corrected chi connectivity index (χ4v) is 2.85. The highest BCUT2D eigenvalue weighted by Gasteiger charge is 2.13. The summed E-state index contributed by atoms with van der Waals surface area (Å²) in [6, 6.07) is 4.30. The van der Waals surface area contributed by atoms with E-state index >= 15 is 0 Å². The average Bonchev–Trinajstić information content (AvgIpc) is 2.84. The first kappa shape index (κ1) is 14.0. The lowest BCUT2D eigenvalue weighted by Crippen LogP contribution is -2.08. The van der Waals surface area contributed by atoms with E-state index in [0.29, 0.717) is 0 Å². The van der Waals surface area contributed by atoms with Gasteiger partial charge in [0.05, 0.1) is 10.6 Å². The molecule has 2 rings (SSSR count). The van der Waals surface area contributed by atoms with Crippen molar-refractivity contribution in [2.75, 3.05) is 11.9 Å². The Balaban J connectivity index is 2.47. The molecule has 0 aliphatic rings. The maximum absolute atomic E-state index is 4.70. The van der Waals surface area contributed by atoms with Gasteiger partial charge in [-0.1, -0.05) is 13.8 Å². The summed E-state index contributed by atoms with van der Waals surface area (Å²) in [5, 5.41) is 3.41.